The molecule has 0 aromatic heterocycles. The van der Waals surface area contributed by atoms with Crippen molar-refractivity contribution in [2.75, 3.05) is 33.4 Å². The molecule has 1 aromatic carbocycles. The minimum atomic E-state index is -0.456. The largest absolute Gasteiger partial charge is 0.383 e. The lowest BCUT2D eigenvalue weighted by atomic mass is 10.1. The van der Waals surface area contributed by atoms with E-state index in [0.29, 0.717) is 38.2 Å². The number of amides is 1. The van der Waals surface area contributed by atoms with Crippen LogP contribution in [0.15, 0.2) is 18.2 Å². The van der Waals surface area contributed by atoms with E-state index >= 15 is 0 Å². The lowest BCUT2D eigenvalue weighted by Crippen LogP contribution is -2.36. The summed E-state index contributed by atoms with van der Waals surface area (Å²) in [5.74, 6) is -0.769. The van der Waals surface area contributed by atoms with Crippen molar-refractivity contribution in [3.63, 3.8) is 0 Å². The molecule has 0 aliphatic carbocycles. The minimum Gasteiger partial charge on any atom is -0.383 e. The molecule has 1 aromatic rings. The Balaban J connectivity index is 2.87. The molecule has 0 saturated heterocycles. The van der Waals surface area contributed by atoms with Crippen LogP contribution in [0.3, 0.4) is 0 Å². The zero-order chi connectivity index (χ0) is 14.3. The monoisotopic (exact) mass is 268 g/mol. The van der Waals surface area contributed by atoms with Crippen LogP contribution < -0.4 is 5.73 Å². The zero-order valence-electron chi connectivity index (χ0n) is 11.5. The summed E-state index contributed by atoms with van der Waals surface area (Å²) in [5, 5.41) is 0. The lowest BCUT2D eigenvalue weighted by Gasteiger charge is -2.22. The van der Waals surface area contributed by atoms with E-state index in [9.17, 15) is 9.18 Å². The summed E-state index contributed by atoms with van der Waals surface area (Å²) in [6.45, 7) is 3.50. The van der Waals surface area contributed by atoms with Crippen molar-refractivity contribution < 1.29 is 13.9 Å². The number of halogens is 1. The van der Waals surface area contributed by atoms with Crippen LogP contribution in [-0.4, -0.2) is 44.2 Å². The van der Waals surface area contributed by atoms with Crippen LogP contribution in [0, 0.1) is 12.7 Å². The van der Waals surface area contributed by atoms with Crippen molar-refractivity contribution in [3.05, 3.63) is 35.1 Å². The number of ether oxygens (including phenoxy) is 1. The Morgan fingerprint density at radius 3 is 2.79 bits per heavy atom. The zero-order valence-corrected chi connectivity index (χ0v) is 11.5. The third kappa shape index (κ3) is 4.29. The number of nitrogens with zero attached hydrogens (tertiary/aromatic N) is 1. The topological polar surface area (TPSA) is 55.6 Å². The van der Waals surface area contributed by atoms with Gasteiger partial charge in [0.25, 0.3) is 5.91 Å². The van der Waals surface area contributed by atoms with Crippen LogP contribution in [0.4, 0.5) is 4.39 Å². The molecule has 0 radical (unpaired) electrons. The van der Waals surface area contributed by atoms with Gasteiger partial charge in [-0.1, -0.05) is 12.1 Å². The first kappa shape index (κ1) is 15.6. The van der Waals surface area contributed by atoms with Crippen molar-refractivity contribution in [1.82, 2.24) is 4.90 Å². The van der Waals surface area contributed by atoms with Gasteiger partial charge in [0.2, 0.25) is 0 Å². The molecule has 1 amide bonds. The maximum atomic E-state index is 14.0. The Labute approximate surface area is 113 Å². The van der Waals surface area contributed by atoms with Crippen molar-refractivity contribution in [2.24, 2.45) is 5.73 Å². The van der Waals surface area contributed by atoms with E-state index in [4.69, 9.17) is 10.5 Å². The van der Waals surface area contributed by atoms with E-state index < -0.39 is 5.82 Å². The number of carbonyl (C=O) groups is 1. The van der Waals surface area contributed by atoms with Crippen LogP contribution in [0.25, 0.3) is 0 Å². The second kappa shape index (κ2) is 7.86. The lowest BCUT2D eigenvalue weighted by molar-refractivity contribution is 0.0690. The summed E-state index contributed by atoms with van der Waals surface area (Å²) < 4.78 is 18.9. The van der Waals surface area contributed by atoms with Gasteiger partial charge < -0.3 is 15.4 Å². The predicted octanol–water partition coefficient (Wildman–Crippen LogP) is 1.57. The molecule has 0 bridgehead atoms. The molecule has 0 atom stereocenters. The van der Waals surface area contributed by atoms with E-state index in [1.807, 2.05) is 0 Å². The number of methoxy groups -OCH3 is 1. The Morgan fingerprint density at radius 2 is 2.16 bits per heavy atom. The van der Waals surface area contributed by atoms with Crippen molar-refractivity contribution in [2.45, 2.75) is 13.3 Å². The molecule has 2 N–H and O–H groups in total. The van der Waals surface area contributed by atoms with Crippen LogP contribution in [0.1, 0.15) is 22.3 Å². The third-order valence-corrected chi connectivity index (χ3v) is 2.91. The highest BCUT2D eigenvalue weighted by atomic mass is 19.1. The van der Waals surface area contributed by atoms with Crippen molar-refractivity contribution in [1.29, 1.82) is 0 Å². The summed E-state index contributed by atoms with van der Waals surface area (Å²) in [7, 11) is 1.57. The SMILES string of the molecule is COCCN(CCCN)C(=O)c1cccc(C)c1F. The molecule has 0 heterocycles. The quantitative estimate of drug-likeness (QED) is 0.816. The second-order valence-electron chi connectivity index (χ2n) is 4.36. The van der Waals surface area contributed by atoms with E-state index in [2.05, 4.69) is 0 Å². The van der Waals surface area contributed by atoms with Crippen LogP contribution in [-0.2, 0) is 4.74 Å². The average Bonchev–Trinajstić information content (AvgIpc) is 2.41. The van der Waals surface area contributed by atoms with E-state index in [0.717, 1.165) is 0 Å². The van der Waals surface area contributed by atoms with Crippen molar-refractivity contribution in [3.8, 4) is 0 Å². The number of benzene rings is 1. The Kier molecular flexibility index (Phi) is 6.45. The fraction of sp³-hybridized carbons (Fsp3) is 0.500. The molecule has 5 heteroatoms. The van der Waals surface area contributed by atoms with Gasteiger partial charge in [-0.05, 0) is 31.5 Å². The molecule has 106 valence electrons. The highest BCUT2D eigenvalue weighted by molar-refractivity contribution is 5.94. The molecule has 0 saturated carbocycles. The van der Waals surface area contributed by atoms with Gasteiger partial charge in [0.1, 0.15) is 5.82 Å². The fourth-order valence-corrected chi connectivity index (χ4v) is 1.78. The molecule has 4 nitrogen and oxygen atoms in total. The number of rotatable bonds is 7. The van der Waals surface area contributed by atoms with Gasteiger partial charge in [-0.2, -0.15) is 0 Å². The maximum absolute atomic E-state index is 14.0. The molecule has 0 unspecified atom stereocenters. The first-order valence-corrected chi connectivity index (χ1v) is 6.35. The molecule has 0 aliphatic heterocycles. The molecule has 0 aliphatic rings. The van der Waals surface area contributed by atoms with Gasteiger partial charge in [-0.15, -0.1) is 0 Å². The van der Waals surface area contributed by atoms with Gasteiger partial charge in [0.15, 0.2) is 0 Å². The average molecular weight is 268 g/mol. The van der Waals surface area contributed by atoms with Gasteiger partial charge in [0.05, 0.1) is 12.2 Å². The normalized spacial score (nSPS) is 10.5. The third-order valence-electron chi connectivity index (χ3n) is 2.91. The molecular weight excluding hydrogens is 247 g/mol. The fourth-order valence-electron chi connectivity index (χ4n) is 1.78. The van der Waals surface area contributed by atoms with Gasteiger partial charge >= 0.3 is 0 Å². The molecule has 0 fully saturated rings. The maximum Gasteiger partial charge on any atom is 0.256 e. The minimum absolute atomic E-state index is 0.105. The Hall–Kier alpha value is -1.46. The first-order chi connectivity index (χ1) is 9.11. The second-order valence-corrected chi connectivity index (χ2v) is 4.36. The van der Waals surface area contributed by atoms with Crippen LogP contribution in [0.5, 0.6) is 0 Å². The summed E-state index contributed by atoms with van der Waals surface area (Å²) in [6, 6.07) is 4.83. The number of carbonyl (C=O) groups excluding carboxylic acids is 1. The smallest absolute Gasteiger partial charge is 0.256 e. The summed E-state index contributed by atoms with van der Waals surface area (Å²) in [4.78, 5) is 13.9. The number of nitrogens with two attached hydrogens (primary N) is 1. The molecule has 19 heavy (non-hydrogen) atoms. The van der Waals surface area contributed by atoms with Crippen LogP contribution >= 0.6 is 0 Å². The molecule has 0 spiro atoms. The standard InChI is InChI=1S/C14H21FN2O2/c1-11-5-3-6-12(13(11)15)14(18)17(8-4-7-16)9-10-19-2/h3,5-6H,4,7-10,16H2,1-2H3. The molecule has 1 rings (SSSR count). The highest BCUT2D eigenvalue weighted by Crippen LogP contribution is 2.14. The van der Waals surface area contributed by atoms with E-state index in [1.54, 1.807) is 31.1 Å². The first-order valence-electron chi connectivity index (χ1n) is 6.35. The molecular formula is C14H21FN2O2. The summed E-state index contributed by atoms with van der Waals surface area (Å²) >= 11 is 0. The van der Waals surface area contributed by atoms with Gasteiger partial charge in [-0.3, -0.25) is 4.79 Å². The number of hydrogen-bond donors (Lipinski definition) is 1. The van der Waals surface area contributed by atoms with E-state index in [1.165, 1.54) is 6.07 Å². The Morgan fingerprint density at radius 1 is 1.42 bits per heavy atom. The highest BCUT2D eigenvalue weighted by Gasteiger charge is 2.19. The van der Waals surface area contributed by atoms with Gasteiger partial charge in [0, 0.05) is 20.2 Å². The summed E-state index contributed by atoms with van der Waals surface area (Å²) in [5.41, 5.74) is 6.03. The number of hydrogen-bond acceptors (Lipinski definition) is 3. The van der Waals surface area contributed by atoms with E-state index in [-0.39, 0.29) is 11.5 Å². The van der Waals surface area contributed by atoms with Gasteiger partial charge in [-0.25, -0.2) is 4.39 Å². The van der Waals surface area contributed by atoms with Crippen LogP contribution in [0.2, 0.25) is 0 Å². The Bertz CT molecular complexity index is 416. The predicted molar refractivity (Wildman–Crippen MR) is 72.6 cm³/mol. The van der Waals surface area contributed by atoms with Crippen molar-refractivity contribution >= 4 is 5.91 Å². The number of aryl methyl sites for hydroxylation is 1. The summed E-state index contributed by atoms with van der Waals surface area (Å²) in [6.07, 6.45) is 0.683.